The monoisotopic (exact) mass is 293 g/mol. The maximum atomic E-state index is 11.3. The Bertz CT molecular complexity index is 827. The fourth-order valence-electron chi connectivity index (χ4n) is 2.45. The number of rotatable bonds is 3. The predicted molar refractivity (Wildman–Crippen MR) is 85.0 cm³/mol. The topological polar surface area (TPSA) is 62.5 Å². The third kappa shape index (κ3) is 2.72. The lowest BCUT2D eigenvalue weighted by atomic mass is 10.00. The zero-order valence-corrected chi connectivity index (χ0v) is 11.8. The standard InChI is InChI=1S/C18H15NO3/c20-16-11-19(12-17(21)18(16)22)10-14-8-4-5-9-15(14)13-6-2-1-3-7-13/h1-9,11-12,20-21H,10H2. The first-order chi connectivity index (χ1) is 10.6. The molecule has 0 saturated heterocycles. The van der Waals surface area contributed by atoms with Crippen molar-refractivity contribution in [1.82, 2.24) is 4.57 Å². The van der Waals surface area contributed by atoms with Crippen LogP contribution in [0.3, 0.4) is 0 Å². The van der Waals surface area contributed by atoms with Gasteiger partial charge in [0.1, 0.15) is 0 Å². The van der Waals surface area contributed by atoms with Crippen molar-refractivity contribution in [2.24, 2.45) is 0 Å². The summed E-state index contributed by atoms with van der Waals surface area (Å²) in [7, 11) is 0. The van der Waals surface area contributed by atoms with E-state index in [1.807, 2.05) is 54.6 Å². The molecule has 4 nitrogen and oxygen atoms in total. The molecule has 22 heavy (non-hydrogen) atoms. The summed E-state index contributed by atoms with van der Waals surface area (Å²) in [6.07, 6.45) is 2.65. The molecule has 0 amide bonds. The minimum atomic E-state index is -0.757. The molecule has 0 fully saturated rings. The van der Waals surface area contributed by atoms with Crippen LogP contribution in [0, 0.1) is 0 Å². The van der Waals surface area contributed by atoms with Gasteiger partial charge in [0.15, 0.2) is 11.5 Å². The van der Waals surface area contributed by atoms with E-state index in [1.165, 1.54) is 12.4 Å². The van der Waals surface area contributed by atoms with Crippen LogP contribution in [-0.4, -0.2) is 14.8 Å². The van der Waals surface area contributed by atoms with Gasteiger partial charge in [-0.05, 0) is 16.7 Å². The van der Waals surface area contributed by atoms with Crippen molar-refractivity contribution >= 4 is 0 Å². The second-order valence-electron chi connectivity index (χ2n) is 5.05. The molecule has 1 heterocycles. The first kappa shape index (κ1) is 13.9. The summed E-state index contributed by atoms with van der Waals surface area (Å²) in [5, 5.41) is 19.1. The summed E-state index contributed by atoms with van der Waals surface area (Å²) in [4.78, 5) is 11.3. The van der Waals surface area contributed by atoms with E-state index in [2.05, 4.69) is 0 Å². The van der Waals surface area contributed by atoms with E-state index >= 15 is 0 Å². The molecular formula is C18H15NO3. The third-order valence-electron chi connectivity index (χ3n) is 3.50. The van der Waals surface area contributed by atoms with Gasteiger partial charge in [0.2, 0.25) is 0 Å². The molecule has 0 saturated carbocycles. The van der Waals surface area contributed by atoms with E-state index in [1.54, 1.807) is 4.57 Å². The summed E-state index contributed by atoms with van der Waals surface area (Å²) in [6.45, 7) is 0.437. The van der Waals surface area contributed by atoms with Gasteiger partial charge in [0.05, 0.1) is 12.4 Å². The Balaban J connectivity index is 2.02. The first-order valence-corrected chi connectivity index (χ1v) is 6.90. The second-order valence-corrected chi connectivity index (χ2v) is 5.05. The van der Waals surface area contributed by atoms with Gasteiger partial charge >= 0.3 is 0 Å². The Morgan fingerprint density at radius 3 is 2.09 bits per heavy atom. The molecule has 3 rings (SSSR count). The smallest absolute Gasteiger partial charge is 0.264 e. The van der Waals surface area contributed by atoms with Crippen molar-refractivity contribution in [2.45, 2.75) is 6.54 Å². The molecule has 3 aromatic rings. The van der Waals surface area contributed by atoms with E-state index in [9.17, 15) is 15.0 Å². The molecule has 4 heteroatoms. The summed E-state index contributed by atoms with van der Waals surface area (Å²) in [5.41, 5.74) is 2.43. The summed E-state index contributed by atoms with van der Waals surface area (Å²) in [5.74, 6) is -0.922. The maximum Gasteiger partial charge on any atom is 0.264 e. The van der Waals surface area contributed by atoms with Gasteiger partial charge in [-0.2, -0.15) is 0 Å². The summed E-state index contributed by atoms with van der Waals surface area (Å²) < 4.78 is 1.59. The molecule has 1 aromatic heterocycles. The fourth-order valence-corrected chi connectivity index (χ4v) is 2.45. The maximum absolute atomic E-state index is 11.3. The fraction of sp³-hybridized carbons (Fsp3) is 0.0556. The number of aromatic hydroxyl groups is 2. The van der Waals surface area contributed by atoms with Gasteiger partial charge in [-0.25, -0.2) is 0 Å². The number of nitrogens with zero attached hydrogens (tertiary/aromatic N) is 1. The first-order valence-electron chi connectivity index (χ1n) is 6.90. The van der Waals surface area contributed by atoms with E-state index in [4.69, 9.17) is 0 Å². The molecule has 0 spiro atoms. The van der Waals surface area contributed by atoms with Gasteiger partial charge in [-0.15, -0.1) is 0 Å². The normalized spacial score (nSPS) is 10.5. The molecule has 0 radical (unpaired) electrons. The average Bonchev–Trinajstić information content (AvgIpc) is 2.54. The van der Waals surface area contributed by atoms with Gasteiger partial charge < -0.3 is 14.8 Å². The minimum absolute atomic E-state index is 0.437. The second kappa shape index (κ2) is 5.77. The number of hydrogen-bond acceptors (Lipinski definition) is 3. The van der Waals surface area contributed by atoms with Crippen molar-refractivity contribution in [3.05, 3.63) is 82.8 Å². The van der Waals surface area contributed by atoms with Crippen molar-refractivity contribution < 1.29 is 10.2 Å². The molecular weight excluding hydrogens is 278 g/mol. The number of hydrogen-bond donors (Lipinski definition) is 2. The Morgan fingerprint density at radius 1 is 0.818 bits per heavy atom. The SMILES string of the molecule is O=c1c(O)cn(Cc2ccccc2-c2ccccc2)cc1O. The average molecular weight is 293 g/mol. The predicted octanol–water partition coefficient (Wildman–Crippen LogP) is 2.97. The third-order valence-corrected chi connectivity index (χ3v) is 3.50. The van der Waals surface area contributed by atoms with Crippen LogP contribution >= 0.6 is 0 Å². The molecule has 0 aliphatic rings. The van der Waals surface area contributed by atoms with Gasteiger partial charge in [0, 0.05) is 6.54 Å². The van der Waals surface area contributed by atoms with Crippen LogP contribution in [0.5, 0.6) is 11.5 Å². The Hall–Kier alpha value is -3.01. The quantitative estimate of drug-likeness (QED) is 0.780. The van der Waals surface area contributed by atoms with E-state index in [0.29, 0.717) is 6.54 Å². The van der Waals surface area contributed by atoms with E-state index in [-0.39, 0.29) is 0 Å². The van der Waals surface area contributed by atoms with Gasteiger partial charge in [-0.1, -0.05) is 54.6 Å². The molecule has 0 aliphatic carbocycles. The zero-order valence-electron chi connectivity index (χ0n) is 11.8. The molecule has 2 N–H and O–H groups in total. The highest BCUT2D eigenvalue weighted by Gasteiger charge is 2.08. The molecule has 0 bridgehead atoms. The zero-order chi connectivity index (χ0) is 15.5. The molecule has 110 valence electrons. The van der Waals surface area contributed by atoms with Crippen LogP contribution in [0.4, 0.5) is 0 Å². The molecule has 0 aliphatic heterocycles. The van der Waals surface area contributed by atoms with Crippen LogP contribution in [0.2, 0.25) is 0 Å². The van der Waals surface area contributed by atoms with E-state index < -0.39 is 16.9 Å². The number of pyridine rings is 1. The summed E-state index contributed by atoms with van der Waals surface area (Å²) >= 11 is 0. The van der Waals surface area contributed by atoms with Gasteiger partial charge in [-0.3, -0.25) is 4.79 Å². The van der Waals surface area contributed by atoms with Crippen LogP contribution < -0.4 is 5.43 Å². The lowest BCUT2D eigenvalue weighted by Gasteiger charge is -2.12. The lowest BCUT2D eigenvalue weighted by molar-refractivity contribution is 0.429. The van der Waals surface area contributed by atoms with Crippen molar-refractivity contribution in [1.29, 1.82) is 0 Å². The highest BCUT2D eigenvalue weighted by molar-refractivity contribution is 5.67. The lowest BCUT2D eigenvalue weighted by Crippen LogP contribution is -2.07. The van der Waals surface area contributed by atoms with E-state index in [0.717, 1.165) is 16.7 Å². The summed E-state index contributed by atoms with van der Waals surface area (Å²) in [6, 6.07) is 17.9. The van der Waals surface area contributed by atoms with Crippen LogP contribution in [0.15, 0.2) is 71.8 Å². The number of aromatic nitrogens is 1. The van der Waals surface area contributed by atoms with Crippen LogP contribution in [0.25, 0.3) is 11.1 Å². The molecule has 0 unspecified atom stereocenters. The Morgan fingerprint density at radius 2 is 1.41 bits per heavy atom. The number of benzene rings is 2. The highest BCUT2D eigenvalue weighted by Crippen LogP contribution is 2.24. The van der Waals surface area contributed by atoms with Crippen LogP contribution in [-0.2, 0) is 6.54 Å². The molecule has 2 aromatic carbocycles. The van der Waals surface area contributed by atoms with Crippen molar-refractivity contribution in [3.8, 4) is 22.6 Å². The Kier molecular flexibility index (Phi) is 3.66. The van der Waals surface area contributed by atoms with Gasteiger partial charge in [0.25, 0.3) is 5.43 Å². The Labute approximate surface area is 127 Å². The van der Waals surface area contributed by atoms with Crippen LogP contribution in [0.1, 0.15) is 5.56 Å². The highest BCUT2D eigenvalue weighted by atomic mass is 16.3. The minimum Gasteiger partial charge on any atom is -0.503 e. The van der Waals surface area contributed by atoms with Crippen molar-refractivity contribution in [2.75, 3.05) is 0 Å². The van der Waals surface area contributed by atoms with Crippen molar-refractivity contribution in [3.63, 3.8) is 0 Å². The molecule has 0 atom stereocenters. The largest absolute Gasteiger partial charge is 0.503 e.